The van der Waals surface area contributed by atoms with Gasteiger partial charge in [-0.3, -0.25) is 4.79 Å². The second-order valence-electron chi connectivity index (χ2n) is 5.13. The van der Waals surface area contributed by atoms with Gasteiger partial charge in [0.05, 0.1) is 23.0 Å². The quantitative estimate of drug-likeness (QED) is 0.725. The fourth-order valence-electron chi connectivity index (χ4n) is 2.21. The van der Waals surface area contributed by atoms with Crippen molar-refractivity contribution in [2.75, 3.05) is 5.32 Å². The molecule has 128 valence electrons. The normalized spacial score (nSPS) is 11.4. The third kappa shape index (κ3) is 3.66. The highest BCUT2D eigenvalue weighted by Crippen LogP contribution is 2.31. The minimum absolute atomic E-state index is 0.0170. The number of nitrogens with one attached hydrogen (secondary N) is 1. The van der Waals surface area contributed by atoms with Crippen LogP contribution < -0.4 is 5.32 Å². The van der Waals surface area contributed by atoms with Crippen LogP contribution in [0.3, 0.4) is 0 Å². The molecule has 0 radical (unpaired) electrons. The van der Waals surface area contributed by atoms with E-state index in [0.29, 0.717) is 5.69 Å². The summed E-state index contributed by atoms with van der Waals surface area (Å²) < 4.78 is 39.6. The zero-order valence-corrected chi connectivity index (χ0v) is 13.3. The van der Waals surface area contributed by atoms with Crippen LogP contribution in [0.1, 0.15) is 15.9 Å². The summed E-state index contributed by atoms with van der Waals surface area (Å²) in [5, 5.41) is 6.51. The summed E-state index contributed by atoms with van der Waals surface area (Å²) in [5.41, 5.74) is -0.117. The smallest absolute Gasteiger partial charge is 0.322 e. The van der Waals surface area contributed by atoms with E-state index in [2.05, 4.69) is 10.4 Å². The number of anilines is 1. The number of nitrogens with zero attached hydrogens (tertiary/aromatic N) is 2. The Kier molecular flexibility index (Phi) is 4.50. The molecule has 0 aliphatic rings. The van der Waals surface area contributed by atoms with Crippen LogP contribution in [0.5, 0.6) is 0 Å². The summed E-state index contributed by atoms with van der Waals surface area (Å²) in [6.07, 6.45) is -3.23. The maximum Gasteiger partial charge on any atom is 0.416 e. The van der Waals surface area contributed by atoms with Crippen molar-refractivity contribution in [3.8, 4) is 5.69 Å². The topological polar surface area (TPSA) is 46.9 Å². The van der Waals surface area contributed by atoms with Crippen LogP contribution in [0, 0.1) is 0 Å². The average Bonchev–Trinajstić information content (AvgIpc) is 2.97. The van der Waals surface area contributed by atoms with E-state index in [-0.39, 0.29) is 16.4 Å². The third-order valence-corrected chi connectivity index (χ3v) is 3.77. The van der Waals surface area contributed by atoms with Gasteiger partial charge in [-0.15, -0.1) is 0 Å². The maximum atomic E-state index is 12.7. The molecule has 0 atom stereocenters. The van der Waals surface area contributed by atoms with Crippen molar-refractivity contribution in [1.29, 1.82) is 0 Å². The number of amides is 1. The lowest BCUT2D eigenvalue weighted by Gasteiger charge is -2.09. The van der Waals surface area contributed by atoms with Crippen LogP contribution in [0.2, 0.25) is 5.15 Å². The van der Waals surface area contributed by atoms with E-state index in [9.17, 15) is 18.0 Å². The molecular formula is C17H11ClF3N3O. The van der Waals surface area contributed by atoms with Crippen molar-refractivity contribution in [1.82, 2.24) is 9.78 Å². The minimum Gasteiger partial charge on any atom is -0.322 e. The largest absolute Gasteiger partial charge is 0.416 e. The Hall–Kier alpha value is -2.80. The van der Waals surface area contributed by atoms with Crippen LogP contribution in [-0.2, 0) is 6.18 Å². The molecule has 3 rings (SSSR count). The van der Waals surface area contributed by atoms with Gasteiger partial charge in [0.2, 0.25) is 0 Å². The van der Waals surface area contributed by atoms with Crippen LogP contribution in [-0.4, -0.2) is 15.7 Å². The zero-order valence-electron chi connectivity index (χ0n) is 12.6. The highest BCUT2D eigenvalue weighted by molar-refractivity contribution is 6.33. The predicted molar refractivity (Wildman–Crippen MR) is 88.0 cm³/mol. The van der Waals surface area contributed by atoms with Crippen molar-refractivity contribution >= 4 is 23.2 Å². The van der Waals surface area contributed by atoms with E-state index >= 15 is 0 Å². The Bertz CT molecular complexity index is 907. The molecular weight excluding hydrogens is 355 g/mol. The van der Waals surface area contributed by atoms with E-state index in [0.717, 1.165) is 12.1 Å². The third-order valence-electron chi connectivity index (χ3n) is 3.40. The van der Waals surface area contributed by atoms with E-state index in [1.54, 1.807) is 24.3 Å². The van der Waals surface area contributed by atoms with Crippen LogP contribution in [0.4, 0.5) is 18.9 Å². The number of rotatable bonds is 3. The van der Waals surface area contributed by atoms with E-state index in [4.69, 9.17) is 11.6 Å². The number of carbonyl (C=O) groups excluding carboxylic acids is 1. The molecule has 0 unspecified atom stereocenters. The van der Waals surface area contributed by atoms with Gasteiger partial charge in [0.1, 0.15) is 5.15 Å². The summed E-state index contributed by atoms with van der Waals surface area (Å²) in [7, 11) is 0. The van der Waals surface area contributed by atoms with Gasteiger partial charge in [0.15, 0.2) is 0 Å². The molecule has 1 aromatic heterocycles. The maximum absolute atomic E-state index is 12.7. The molecule has 1 heterocycles. The first-order chi connectivity index (χ1) is 11.9. The van der Waals surface area contributed by atoms with E-state index in [1.807, 2.05) is 6.07 Å². The summed E-state index contributed by atoms with van der Waals surface area (Å²) in [6.45, 7) is 0. The molecule has 3 aromatic rings. The van der Waals surface area contributed by atoms with Crippen molar-refractivity contribution < 1.29 is 18.0 Å². The van der Waals surface area contributed by atoms with Gasteiger partial charge in [0, 0.05) is 5.69 Å². The number of alkyl halides is 3. The number of benzene rings is 2. The summed E-state index contributed by atoms with van der Waals surface area (Å²) in [6, 6.07) is 13.3. The van der Waals surface area contributed by atoms with Crippen molar-refractivity contribution in [3.05, 3.63) is 77.1 Å². The summed E-state index contributed by atoms with van der Waals surface area (Å²) in [4.78, 5) is 12.3. The van der Waals surface area contributed by atoms with Gasteiger partial charge in [-0.2, -0.15) is 18.3 Å². The first-order valence-corrected chi connectivity index (χ1v) is 7.51. The molecule has 8 heteroatoms. The molecule has 1 amide bonds. The molecule has 0 fully saturated rings. The first kappa shape index (κ1) is 17.0. The monoisotopic (exact) mass is 365 g/mol. The standard InChI is InChI=1S/C17H11ClF3N3O/c18-15-14(10-22-24(15)13-7-2-1-3-8-13)16(25)23-12-6-4-5-11(9-12)17(19,20)21/h1-10H,(H,23,25). The molecule has 0 saturated carbocycles. The Morgan fingerprint density at radius 2 is 1.80 bits per heavy atom. The van der Waals surface area contributed by atoms with Crippen molar-refractivity contribution in [3.63, 3.8) is 0 Å². The molecule has 0 aliphatic heterocycles. The highest BCUT2D eigenvalue weighted by atomic mass is 35.5. The Balaban J connectivity index is 1.85. The Labute approximate surface area is 145 Å². The predicted octanol–water partition coefficient (Wildman–Crippen LogP) is 4.80. The second kappa shape index (κ2) is 6.60. The van der Waals surface area contributed by atoms with Gasteiger partial charge < -0.3 is 5.32 Å². The van der Waals surface area contributed by atoms with Crippen molar-refractivity contribution in [2.24, 2.45) is 0 Å². The molecule has 0 aliphatic carbocycles. The lowest BCUT2D eigenvalue weighted by atomic mass is 10.2. The molecule has 25 heavy (non-hydrogen) atoms. The zero-order chi connectivity index (χ0) is 18.0. The molecule has 4 nitrogen and oxygen atoms in total. The number of aromatic nitrogens is 2. The SMILES string of the molecule is O=C(Nc1cccc(C(F)(F)F)c1)c1cnn(-c2ccccc2)c1Cl. The first-order valence-electron chi connectivity index (χ1n) is 7.14. The lowest BCUT2D eigenvalue weighted by Crippen LogP contribution is -2.13. The van der Waals surface area contributed by atoms with Crippen molar-refractivity contribution in [2.45, 2.75) is 6.18 Å². The summed E-state index contributed by atoms with van der Waals surface area (Å²) in [5.74, 6) is -0.647. The second-order valence-corrected chi connectivity index (χ2v) is 5.49. The van der Waals surface area contributed by atoms with Gasteiger partial charge in [0.25, 0.3) is 5.91 Å². The summed E-state index contributed by atoms with van der Waals surface area (Å²) >= 11 is 6.18. The number of carbonyl (C=O) groups is 1. The molecule has 0 saturated heterocycles. The minimum atomic E-state index is -4.49. The van der Waals surface area contributed by atoms with Gasteiger partial charge in [-0.25, -0.2) is 4.68 Å². The van der Waals surface area contributed by atoms with Gasteiger partial charge >= 0.3 is 6.18 Å². The molecule has 0 bridgehead atoms. The number of halogens is 4. The lowest BCUT2D eigenvalue weighted by molar-refractivity contribution is -0.137. The van der Waals surface area contributed by atoms with Gasteiger partial charge in [-0.05, 0) is 30.3 Å². The molecule has 1 N–H and O–H groups in total. The Morgan fingerprint density at radius 1 is 1.08 bits per heavy atom. The average molecular weight is 366 g/mol. The fourth-order valence-corrected chi connectivity index (χ4v) is 2.48. The number of hydrogen-bond donors (Lipinski definition) is 1. The van der Waals surface area contributed by atoms with E-state index < -0.39 is 17.6 Å². The highest BCUT2D eigenvalue weighted by Gasteiger charge is 2.30. The fraction of sp³-hybridized carbons (Fsp3) is 0.0588. The van der Waals surface area contributed by atoms with E-state index in [1.165, 1.54) is 23.0 Å². The molecule has 0 spiro atoms. The van der Waals surface area contributed by atoms with Gasteiger partial charge in [-0.1, -0.05) is 35.9 Å². The molecule has 2 aromatic carbocycles. The van der Waals surface area contributed by atoms with Crippen LogP contribution in [0.15, 0.2) is 60.8 Å². The van der Waals surface area contributed by atoms with Crippen LogP contribution >= 0.6 is 11.6 Å². The Morgan fingerprint density at radius 3 is 2.48 bits per heavy atom. The number of hydrogen-bond acceptors (Lipinski definition) is 2. The number of para-hydroxylation sites is 1. The van der Waals surface area contributed by atoms with Crippen LogP contribution in [0.25, 0.3) is 5.69 Å².